The average molecular weight is 839 g/mol. The Morgan fingerprint density at radius 3 is 2.00 bits per heavy atom. The van der Waals surface area contributed by atoms with Crippen molar-refractivity contribution in [3.05, 3.63) is 233 Å². The summed E-state index contributed by atoms with van der Waals surface area (Å²) in [6.07, 6.45) is 7.60. The number of benzene rings is 8. The lowest BCUT2D eigenvalue weighted by Gasteiger charge is -2.34. The maximum Gasteiger partial charge on any atom is 0.0817 e. The van der Waals surface area contributed by atoms with Crippen molar-refractivity contribution < 1.29 is 0 Å². The molecule has 0 bridgehead atoms. The van der Waals surface area contributed by atoms with E-state index in [2.05, 4.69) is 219 Å². The second kappa shape index (κ2) is 15.9. The van der Waals surface area contributed by atoms with E-state index in [1.165, 1.54) is 100.0 Å². The molecule has 0 saturated heterocycles. The molecule has 0 saturated carbocycles. The number of hydrogen-bond donors (Lipinski definition) is 0. The van der Waals surface area contributed by atoms with Gasteiger partial charge in [-0.25, -0.2) is 0 Å². The summed E-state index contributed by atoms with van der Waals surface area (Å²) in [6, 6.07) is 70.3. The Morgan fingerprint density at radius 1 is 0.569 bits per heavy atom. The molecular formula is C63H54N2. The SMILES string of the molecule is CCC1/C(C2CCc3ccc4c(c3-c3ccccc32)-c2ccccc2C4(C)C)=C\CCC(c2cccc(-n3c4ccccc4c4ccccc43)c2)=NC1c1ccc(-c2ccccc2)cc1. The van der Waals surface area contributed by atoms with Crippen molar-refractivity contribution in [1.29, 1.82) is 0 Å². The average Bonchev–Trinajstić information content (AvgIpc) is 3.73. The van der Waals surface area contributed by atoms with E-state index in [0.717, 1.165) is 32.1 Å². The summed E-state index contributed by atoms with van der Waals surface area (Å²) in [5, 5.41) is 2.56. The molecule has 9 aromatic rings. The highest BCUT2D eigenvalue weighted by Crippen LogP contribution is 2.56. The fourth-order valence-corrected chi connectivity index (χ4v) is 12.1. The molecule has 2 heterocycles. The molecule has 0 fully saturated rings. The van der Waals surface area contributed by atoms with Crippen molar-refractivity contribution >= 4 is 27.5 Å². The Labute approximate surface area is 383 Å². The van der Waals surface area contributed by atoms with Gasteiger partial charge in [0.1, 0.15) is 0 Å². The fraction of sp³-hybridized carbons (Fsp3) is 0.190. The van der Waals surface area contributed by atoms with Gasteiger partial charge in [-0.1, -0.05) is 196 Å². The van der Waals surface area contributed by atoms with E-state index < -0.39 is 0 Å². The van der Waals surface area contributed by atoms with Gasteiger partial charge in [0.25, 0.3) is 0 Å². The predicted octanol–water partition coefficient (Wildman–Crippen LogP) is 16.4. The zero-order valence-corrected chi connectivity index (χ0v) is 37.6. The van der Waals surface area contributed by atoms with Gasteiger partial charge in [-0.3, -0.25) is 4.99 Å². The minimum absolute atomic E-state index is 0.0427. The summed E-state index contributed by atoms with van der Waals surface area (Å²) < 4.78 is 2.43. The molecule has 2 aliphatic carbocycles. The summed E-state index contributed by atoms with van der Waals surface area (Å²) >= 11 is 0. The van der Waals surface area contributed by atoms with E-state index in [-0.39, 0.29) is 23.3 Å². The highest BCUT2D eigenvalue weighted by Gasteiger charge is 2.40. The summed E-state index contributed by atoms with van der Waals surface area (Å²) in [5.74, 6) is 0.503. The Kier molecular flexibility index (Phi) is 9.67. The molecule has 0 amide bonds. The molecular weight excluding hydrogens is 785 g/mol. The molecule has 3 aliphatic rings. The monoisotopic (exact) mass is 838 g/mol. The van der Waals surface area contributed by atoms with Crippen molar-refractivity contribution in [2.24, 2.45) is 10.9 Å². The van der Waals surface area contributed by atoms with Crippen molar-refractivity contribution in [3.8, 4) is 39.1 Å². The molecule has 2 heteroatoms. The smallest absolute Gasteiger partial charge is 0.0817 e. The van der Waals surface area contributed by atoms with Crippen LogP contribution in [0, 0.1) is 5.92 Å². The van der Waals surface area contributed by atoms with Gasteiger partial charge in [-0.15, -0.1) is 0 Å². The molecule has 3 atom stereocenters. The second-order valence-electron chi connectivity index (χ2n) is 19.1. The lowest BCUT2D eigenvalue weighted by molar-refractivity contribution is 0.444. The van der Waals surface area contributed by atoms with E-state index >= 15 is 0 Å². The Hall–Kier alpha value is -7.03. The second-order valence-corrected chi connectivity index (χ2v) is 19.1. The Balaban J connectivity index is 0.987. The lowest BCUT2D eigenvalue weighted by Crippen LogP contribution is -2.22. The predicted molar refractivity (Wildman–Crippen MR) is 274 cm³/mol. The van der Waals surface area contributed by atoms with Gasteiger partial charge in [0.15, 0.2) is 0 Å². The molecule has 65 heavy (non-hydrogen) atoms. The maximum absolute atomic E-state index is 6.00. The summed E-state index contributed by atoms with van der Waals surface area (Å²) in [7, 11) is 0. The van der Waals surface area contributed by atoms with Crippen LogP contribution >= 0.6 is 0 Å². The first kappa shape index (κ1) is 39.6. The molecule has 12 rings (SSSR count). The number of aliphatic imine (C=N–C) groups is 1. The highest BCUT2D eigenvalue weighted by molar-refractivity contribution is 6.09. The van der Waals surface area contributed by atoms with Gasteiger partial charge in [0.05, 0.1) is 17.1 Å². The van der Waals surface area contributed by atoms with Crippen LogP contribution in [0.2, 0.25) is 0 Å². The number of aryl methyl sites for hydroxylation is 1. The first-order valence-electron chi connectivity index (χ1n) is 23.8. The van der Waals surface area contributed by atoms with E-state index in [0.29, 0.717) is 0 Å². The molecule has 3 unspecified atom stereocenters. The molecule has 0 N–H and O–H groups in total. The third-order valence-electron chi connectivity index (χ3n) is 15.2. The molecule has 1 aromatic heterocycles. The standard InChI is InChI=1S/C63H54N2/c1-4-47-48(50-38-36-43-37-39-56-61(60(43)53-25-9-8-22-49(50)53)54-26-10-13-28-55(54)63(56,2)3)27-17-29-57(64-62(47)44-34-32-42(33-35-44)41-18-6-5-7-19-41)45-20-16-21-46(40-45)65-58-30-14-11-23-51(58)52-24-12-15-31-59(52)65/h5-16,18-28,30-35,37,39-40,47,50,62H,4,17,29,36,38H2,1-3H3/b48-27+,64-57?. The minimum Gasteiger partial charge on any atom is -0.309 e. The summed E-state index contributed by atoms with van der Waals surface area (Å²) in [5.41, 5.74) is 22.8. The van der Waals surface area contributed by atoms with Crippen LogP contribution in [-0.2, 0) is 11.8 Å². The van der Waals surface area contributed by atoms with Crippen molar-refractivity contribution in [2.45, 2.75) is 70.3 Å². The Morgan fingerprint density at radius 2 is 1.23 bits per heavy atom. The highest BCUT2D eigenvalue weighted by atomic mass is 15.0. The molecule has 1 aliphatic heterocycles. The number of rotatable bonds is 6. The maximum atomic E-state index is 6.00. The van der Waals surface area contributed by atoms with Crippen molar-refractivity contribution in [3.63, 3.8) is 0 Å². The van der Waals surface area contributed by atoms with E-state index in [1.807, 2.05) is 0 Å². The van der Waals surface area contributed by atoms with Crippen LogP contribution in [-0.4, -0.2) is 10.3 Å². The topological polar surface area (TPSA) is 17.3 Å². The largest absolute Gasteiger partial charge is 0.309 e. The summed E-state index contributed by atoms with van der Waals surface area (Å²) in [6.45, 7) is 7.21. The van der Waals surface area contributed by atoms with Gasteiger partial charge in [0, 0.05) is 39.4 Å². The van der Waals surface area contributed by atoms with E-state index in [9.17, 15) is 0 Å². The molecule has 2 nitrogen and oxygen atoms in total. The van der Waals surface area contributed by atoms with Crippen LogP contribution in [0.3, 0.4) is 0 Å². The molecule has 8 aromatic carbocycles. The molecule has 0 spiro atoms. The fourth-order valence-electron chi connectivity index (χ4n) is 12.1. The van der Waals surface area contributed by atoms with Crippen molar-refractivity contribution in [2.75, 3.05) is 0 Å². The van der Waals surface area contributed by atoms with Gasteiger partial charge < -0.3 is 4.57 Å². The Bertz CT molecular complexity index is 3290. The summed E-state index contributed by atoms with van der Waals surface area (Å²) in [4.78, 5) is 6.00. The number of para-hydroxylation sites is 2. The van der Waals surface area contributed by atoms with Crippen LogP contribution in [0.4, 0.5) is 0 Å². The first-order valence-corrected chi connectivity index (χ1v) is 23.8. The number of allylic oxidation sites excluding steroid dienone is 1. The van der Waals surface area contributed by atoms with Gasteiger partial charge in [-0.2, -0.15) is 0 Å². The van der Waals surface area contributed by atoms with Gasteiger partial charge >= 0.3 is 0 Å². The van der Waals surface area contributed by atoms with Crippen LogP contribution in [0.25, 0.3) is 60.9 Å². The van der Waals surface area contributed by atoms with Gasteiger partial charge in [-0.05, 0) is 123 Å². The zero-order chi connectivity index (χ0) is 43.6. The van der Waals surface area contributed by atoms with E-state index in [4.69, 9.17) is 4.99 Å². The van der Waals surface area contributed by atoms with Gasteiger partial charge in [0.2, 0.25) is 0 Å². The van der Waals surface area contributed by atoms with Crippen LogP contribution in [0.1, 0.15) is 91.8 Å². The van der Waals surface area contributed by atoms with E-state index in [1.54, 1.807) is 5.57 Å². The normalized spacial score (nSPS) is 19.5. The first-order chi connectivity index (χ1) is 32.0. The lowest BCUT2D eigenvalue weighted by atomic mass is 9.73. The van der Waals surface area contributed by atoms with Crippen LogP contribution < -0.4 is 0 Å². The number of aromatic nitrogens is 1. The molecule has 0 radical (unpaired) electrons. The van der Waals surface area contributed by atoms with Crippen LogP contribution in [0.5, 0.6) is 0 Å². The quantitative estimate of drug-likeness (QED) is 0.148. The number of fused-ring (bicyclic) bond motifs is 10. The van der Waals surface area contributed by atoms with Crippen molar-refractivity contribution in [1.82, 2.24) is 4.57 Å². The third-order valence-corrected chi connectivity index (χ3v) is 15.2. The minimum atomic E-state index is -0.0435. The number of hydrogen-bond acceptors (Lipinski definition) is 1. The third kappa shape index (κ3) is 6.48. The van der Waals surface area contributed by atoms with Crippen LogP contribution in [0.15, 0.2) is 205 Å². The zero-order valence-electron chi connectivity index (χ0n) is 37.6. The molecule has 316 valence electrons. The number of nitrogens with zero attached hydrogens (tertiary/aromatic N) is 2.